The van der Waals surface area contributed by atoms with Crippen molar-refractivity contribution in [3.05, 3.63) is 37.1 Å². The van der Waals surface area contributed by atoms with E-state index in [1.54, 1.807) is 0 Å². The number of rotatable bonds is 7. The molecule has 0 fully saturated rings. The quantitative estimate of drug-likeness (QED) is 0.521. The highest BCUT2D eigenvalue weighted by atomic mass is 35.5. The molecular formula is C10H14ClNO4. The molecule has 0 aliphatic heterocycles. The summed E-state index contributed by atoms with van der Waals surface area (Å²) in [7, 11) is 0. The first-order valence-electron chi connectivity index (χ1n) is 4.17. The van der Waals surface area contributed by atoms with Crippen molar-refractivity contribution in [3.8, 4) is 0 Å². The van der Waals surface area contributed by atoms with Crippen molar-refractivity contribution in [2.45, 2.75) is 0 Å². The van der Waals surface area contributed by atoms with Crippen LogP contribution in [-0.4, -0.2) is 40.1 Å². The van der Waals surface area contributed by atoms with E-state index < -0.39 is 11.9 Å². The van der Waals surface area contributed by atoms with Crippen molar-refractivity contribution >= 4 is 24.3 Å². The largest absolute Gasteiger partial charge is 0.478 e. The minimum absolute atomic E-state index is 0. The molecule has 0 saturated heterocycles. The molecule has 90 valence electrons. The number of carbonyl (C=O) groups is 2. The Morgan fingerprint density at radius 1 is 1.12 bits per heavy atom. The van der Waals surface area contributed by atoms with Gasteiger partial charge in [0, 0.05) is 13.1 Å². The van der Waals surface area contributed by atoms with E-state index in [1.165, 1.54) is 17.1 Å². The van der Waals surface area contributed by atoms with E-state index in [2.05, 4.69) is 13.2 Å². The van der Waals surface area contributed by atoms with Gasteiger partial charge in [0.25, 0.3) is 0 Å². The number of nitrogens with zero attached hydrogens (tertiary/aromatic N) is 1. The summed E-state index contributed by atoms with van der Waals surface area (Å²) in [5.74, 6) is -2.59. The fourth-order valence-corrected chi connectivity index (χ4v) is 0.988. The minimum Gasteiger partial charge on any atom is -0.478 e. The Labute approximate surface area is 99.8 Å². The molecule has 0 aromatic rings. The predicted octanol–water partition coefficient (Wildman–Crippen LogP) is 1.14. The molecule has 0 aromatic carbocycles. The lowest BCUT2D eigenvalue weighted by Crippen LogP contribution is -2.28. The molecule has 0 bridgehead atoms. The van der Waals surface area contributed by atoms with Gasteiger partial charge in [-0.25, -0.2) is 9.59 Å². The minimum atomic E-state index is -1.30. The van der Waals surface area contributed by atoms with Crippen LogP contribution in [0.4, 0.5) is 0 Å². The Balaban J connectivity index is 0. The van der Waals surface area contributed by atoms with E-state index in [1.807, 2.05) is 0 Å². The molecule has 0 rings (SSSR count). The Kier molecular flexibility index (Phi) is 8.91. The predicted molar refractivity (Wildman–Crippen MR) is 62.6 cm³/mol. The Hall–Kier alpha value is -1.75. The Morgan fingerprint density at radius 3 is 1.81 bits per heavy atom. The molecule has 6 heteroatoms. The third-order valence-electron chi connectivity index (χ3n) is 1.52. The molecule has 2 N–H and O–H groups in total. The van der Waals surface area contributed by atoms with Crippen LogP contribution in [0, 0.1) is 0 Å². The van der Waals surface area contributed by atoms with Crippen LogP contribution in [0.25, 0.3) is 0 Å². The number of hydrogen-bond acceptors (Lipinski definition) is 3. The number of aliphatic carboxylic acids is 2. The molecule has 0 saturated carbocycles. The number of carboxylic acid groups (broad SMARTS) is 2. The van der Waals surface area contributed by atoms with Gasteiger partial charge in [0.15, 0.2) is 0 Å². The van der Waals surface area contributed by atoms with E-state index >= 15 is 0 Å². The van der Waals surface area contributed by atoms with Gasteiger partial charge in [-0.2, -0.15) is 0 Å². The fraction of sp³-hybridized carbons (Fsp3) is 0.200. The van der Waals surface area contributed by atoms with Gasteiger partial charge in [0.2, 0.25) is 0 Å². The number of halogens is 1. The van der Waals surface area contributed by atoms with Gasteiger partial charge < -0.3 is 15.1 Å². The van der Waals surface area contributed by atoms with E-state index in [-0.39, 0.29) is 31.2 Å². The topological polar surface area (TPSA) is 77.8 Å². The smallest absolute Gasteiger partial charge is 0.352 e. The van der Waals surface area contributed by atoms with Crippen molar-refractivity contribution in [2.75, 3.05) is 13.1 Å². The van der Waals surface area contributed by atoms with Gasteiger partial charge in [-0.15, -0.1) is 25.6 Å². The second kappa shape index (κ2) is 8.55. The SMILES string of the molecule is C=CCN(CC=C)/C(=C/C(=O)O)C(=O)O.Cl. The van der Waals surface area contributed by atoms with Crippen LogP contribution in [0.3, 0.4) is 0 Å². The first kappa shape index (κ1) is 16.7. The van der Waals surface area contributed by atoms with Gasteiger partial charge >= 0.3 is 11.9 Å². The molecule has 16 heavy (non-hydrogen) atoms. The van der Waals surface area contributed by atoms with Crippen LogP contribution in [-0.2, 0) is 9.59 Å². The molecule has 0 spiro atoms. The number of hydrogen-bond donors (Lipinski definition) is 2. The lowest BCUT2D eigenvalue weighted by atomic mass is 10.3. The highest BCUT2D eigenvalue weighted by Crippen LogP contribution is 2.05. The molecule has 5 nitrogen and oxygen atoms in total. The van der Waals surface area contributed by atoms with Crippen LogP contribution in [0.2, 0.25) is 0 Å². The Morgan fingerprint density at radius 2 is 1.56 bits per heavy atom. The average Bonchev–Trinajstić information content (AvgIpc) is 2.13. The van der Waals surface area contributed by atoms with Crippen molar-refractivity contribution in [1.29, 1.82) is 0 Å². The molecule has 0 unspecified atom stereocenters. The zero-order valence-corrected chi connectivity index (χ0v) is 9.44. The van der Waals surface area contributed by atoms with E-state index in [0.717, 1.165) is 0 Å². The van der Waals surface area contributed by atoms with Gasteiger partial charge in [0.1, 0.15) is 5.70 Å². The molecule has 0 atom stereocenters. The molecule has 0 aliphatic carbocycles. The summed E-state index contributed by atoms with van der Waals surface area (Å²) in [5.41, 5.74) is -0.290. The molecule has 0 heterocycles. The molecule has 0 amide bonds. The highest BCUT2D eigenvalue weighted by Gasteiger charge is 2.15. The van der Waals surface area contributed by atoms with E-state index in [0.29, 0.717) is 6.08 Å². The second-order valence-corrected chi connectivity index (χ2v) is 2.66. The van der Waals surface area contributed by atoms with Crippen LogP contribution in [0.1, 0.15) is 0 Å². The highest BCUT2D eigenvalue weighted by molar-refractivity contribution is 5.94. The molecule has 0 aromatic heterocycles. The summed E-state index contributed by atoms with van der Waals surface area (Å²) in [5, 5.41) is 17.3. The zero-order valence-electron chi connectivity index (χ0n) is 8.63. The van der Waals surface area contributed by atoms with E-state index in [4.69, 9.17) is 10.2 Å². The summed E-state index contributed by atoms with van der Waals surface area (Å²) in [6, 6.07) is 0. The maximum Gasteiger partial charge on any atom is 0.352 e. The summed E-state index contributed by atoms with van der Waals surface area (Å²) in [6.45, 7) is 7.42. The second-order valence-electron chi connectivity index (χ2n) is 2.66. The zero-order chi connectivity index (χ0) is 11.8. The van der Waals surface area contributed by atoms with Crippen LogP contribution in [0.5, 0.6) is 0 Å². The van der Waals surface area contributed by atoms with Crippen LogP contribution < -0.4 is 0 Å². The molecule has 0 aliphatic rings. The van der Waals surface area contributed by atoms with Crippen molar-refractivity contribution in [1.82, 2.24) is 4.90 Å². The summed E-state index contributed by atoms with van der Waals surface area (Å²) in [6.07, 6.45) is 3.62. The van der Waals surface area contributed by atoms with Gasteiger partial charge in [0.05, 0.1) is 6.08 Å². The lowest BCUT2D eigenvalue weighted by molar-refractivity contribution is -0.136. The monoisotopic (exact) mass is 247 g/mol. The maximum atomic E-state index is 10.8. The Bertz CT molecular complexity index is 302. The van der Waals surface area contributed by atoms with Crippen molar-refractivity contribution in [3.63, 3.8) is 0 Å². The summed E-state index contributed by atoms with van der Waals surface area (Å²) < 4.78 is 0. The standard InChI is InChI=1S/C10H13NO4.ClH/c1-3-5-11(6-4-2)8(10(14)15)7-9(12)13;/h3-4,7H,1-2,5-6H2,(H,12,13)(H,14,15);1H/b8-7+;. The first-order valence-corrected chi connectivity index (χ1v) is 4.17. The molecular weight excluding hydrogens is 234 g/mol. The fourth-order valence-electron chi connectivity index (χ4n) is 0.988. The lowest BCUT2D eigenvalue weighted by Gasteiger charge is -2.21. The van der Waals surface area contributed by atoms with Gasteiger partial charge in [-0.3, -0.25) is 0 Å². The molecule has 0 radical (unpaired) electrons. The van der Waals surface area contributed by atoms with E-state index in [9.17, 15) is 9.59 Å². The normalized spacial score (nSPS) is 9.88. The summed E-state index contributed by atoms with van der Waals surface area (Å²) >= 11 is 0. The van der Waals surface area contributed by atoms with Crippen molar-refractivity contribution < 1.29 is 19.8 Å². The third-order valence-corrected chi connectivity index (χ3v) is 1.52. The van der Waals surface area contributed by atoms with Crippen LogP contribution in [0.15, 0.2) is 37.1 Å². The maximum absolute atomic E-state index is 10.8. The summed E-state index contributed by atoms with van der Waals surface area (Å²) in [4.78, 5) is 22.5. The first-order chi connectivity index (χ1) is 7.02. The van der Waals surface area contributed by atoms with Crippen molar-refractivity contribution in [2.24, 2.45) is 0 Å². The van der Waals surface area contributed by atoms with Crippen LogP contribution >= 0.6 is 12.4 Å². The third kappa shape index (κ3) is 5.87. The van der Waals surface area contributed by atoms with Gasteiger partial charge in [-0.1, -0.05) is 12.2 Å². The van der Waals surface area contributed by atoms with Gasteiger partial charge in [-0.05, 0) is 0 Å². The average molecular weight is 248 g/mol. The number of carboxylic acids is 2.